The van der Waals surface area contributed by atoms with E-state index in [0.717, 1.165) is 16.8 Å². The molecule has 19 heavy (non-hydrogen) atoms. The molecule has 2 aromatic rings. The standard InChI is InChI=1S/C14H18ClN3O/c1-10(9-19)16-8-12-13(17-18(2)14(12)15)11-6-4-3-5-7-11/h3-7,10,16,19H,8-9H2,1-2H3. The minimum Gasteiger partial charge on any atom is -0.395 e. The number of nitrogens with one attached hydrogen (secondary N) is 1. The topological polar surface area (TPSA) is 50.1 Å². The highest BCUT2D eigenvalue weighted by atomic mass is 35.5. The number of aromatic nitrogens is 2. The van der Waals surface area contributed by atoms with Crippen LogP contribution in [0.4, 0.5) is 0 Å². The number of aryl methyl sites for hydroxylation is 1. The van der Waals surface area contributed by atoms with Crippen molar-refractivity contribution in [1.29, 1.82) is 0 Å². The molecule has 0 aliphatic rings. The summed E-state index contributed by atoms with van der Waals surface area (Å²) in [4.78, 5) is 0. The maximum Gasteiger partial charge on any atom is 0.131 e. The molecule has 1 unspecified atom stereocenters. The quantitative estimate of drug-likeness (QED) is 0.882. The van der Waals surface area contributed by atoms with Gasteiger partial charge in [0.1, 0.15) is 5.15 Å². The SMILES string of the molecule is CC(CO)NCc1c(-c2ccccc2)nn(C)c1Cl. The van der Waals surface area contributed by atoms with Gasteiger partial charge in [0.2, 0.25) is 0 Å². The molecule has 0 saturated carbocycles. The molecular weight excluding hydrogens is 262 g/mol. The number of hydrogen-bond donors (Lipinski definition) is 2. The third-order valence-corrected chi connectivity index (χ3v) is 3.49. The molecule has 2 rings (SSSR count). The van der Waals surface area contributed by atoms with E-state index in [1.807, 2.05) is 44.3 Å². The zero-order valence-corrected chi connectivity index (χ0v) is 11.9. The third-order valence-electron chi connectivity index (χ3n) is 3.02. The van der Waals surface area contributed by atoms with Crippen molar-refractivity contribution < 1.29 is 5.11 Å². The van der Waals surface area contributed by atoms with Gasteiger partial charge in [0.15, 0.2) is 0 Å². The van der Waals surface area contributed by atoms with Crippen molar-refractivity contribution in [3.63, 3.8) is 0 Å². The average molecular weight is 280 g/mol. The Kier molecular flexibility index (Phi) is 4.58. The monoisotopic (exact) mass is 279 g/mol. The highest BCUT2D eigenvalue weighted by Crippen LogP contribution is 2.28. The van der Waals surface area contributed by atoms with Gasteiger partial charge in [-0.3, -0.25) is 4.68 Å². The van der Waals surface area contributed by atoms with E-state index >= 15 is 0 Å². The molecule has 1 aromatic carbocycles. The molecule has 0 bridgehead atoms. The Hall–Kier alpha value is -1.36. The first-order valence-corrected chi connectivity index (χ1v) is 6.62. The van der Waals surface area contributed by atoms with Crippen LogP contribution >= 0.6 is 11.6 Å². The predicted octanol–water partition coefficient (Wildman–Crippen LogP) is 2.21. The molecule has 1 aromatic heterocycles. The second kappa shape index (κ2) is 6.19. The van der Waals surface area contributed by atoms with Gasteiger partial charge in [-0.2, -0.15) is 5.10 Å². The summed E-state index contributed by atoms with van der Waals surface area (Å²) in [6.45, 7) is 2.60. The molecule has 0 spiro atoms. The lowest BCUT2D eigenvalue weighted by atomic mass is 10.1. The summed E-state index contributed by atoms with van der Waals surface area (Å²) in [5.41, 5.74) is 2.87. The molecule has 5 heteroatoms. The highest BCUT2D eigenvalue weighted by Gasteiger charge is 2.16. The van der Waals surface area contributed by atoms with E-state index in [4.69, 9.17) is 16.7 Å². The van der Waals surface area contributed by atoms with Crippen molar-refractivity contribution in [3.05, 3.63) is 41.0 Å². The Balaban J connectivity index is 2.31. The average Bonchev–Trinajstić information content (AvgIpc) is 2.73. The Bertz CT molecular complexity index is 539. The van der Waals surface area contributed by atoms with Crippen molar-refractivity contribution in [2.45, 2.75) is 19.5 Å². The van der Waals surface area contributed by atoms with Gasteiger partial charge in [0.25, 0.3) is 0 Å². The van der Waals surface area contributed by atoms with E-state index in [0.29, 0.717) is 11.7 Å². The van der Waals surface area contributed by atoms with Crippen molar-refractivity contribution in [2.24, 2.45) is 7.05 Å². The fourth-order valence-corrected chi connectivity index (χ4v) is 2.07. The highest BCUT2D eigenvalue weighted by molar-refractivity contribution is 6.30. The maximum atomic E-state index is 9.06. The minimum atomic E-state index is 0.0277. The van der Waals surface area contributed by atoms with E-state index in [1.165, 1.54) is 0 Å². The number of benzene rings is 1. The summed E-state index contributed by atoms with van der Waals surface area (Å²) in [7, 11) is 1.83. The van der Waals surface area contributed by atoms with Crippen LogP contribution in [0.25, 0.3) is 11.3 Å². The number of halogens is 1. The molecule has 0 radical (unpaired) electrons. The Morgan fingerprint density at radius 3 is 2.68 bits per heavy atom. The number of aliphatic hydroxyl groups excluding tert-OH is 1. The Labute approximate surface area is 118 Å². The molecule has 0 aliphatic carbocycles. The van der Waals surface area contributed by atoms with Crippen LogP contribution in [0, 0.1) is 0 Å². The van der Waals surface area contributed by atoms with Gasteiger partial charge in [0, 0.05) is 30.8 Å². The van der Waals surface area contributed by atoms with E-state index < -0.39 is 0 Å². The molecule has 0 saturated heterocycles. The van der Waals surface area contributed by atoms with Crippen molar-refractivity contribution >= 4 is 11.6 Å². The minimum absolute atomic E-state index is 0.0277. The largest absolute Gasteiger partial charge is 0.395 e. The Morgan fingerprint density at radius 1 is 1.37 bits per heavy atom. The van der Waals surface area contributed by atoms with Crippen LogP contribution in [0.15, 0.2) is 30.3 Å². The van der Waals surface area contributed by atoms with Gasteiger partial charge >= 0.3 is 0 Å². The second-order valence-corrected chi connectivity index (χ2v) is 4.93. The number of aliphatic hydroxyl groups is 1. The van der Waals surface area contributed by atoms with E-state index in [2.05, 4.69) is 10.4 Å². The lowest BCUT2D eigenvalue weighted by Gasteiger charge is -2.11. The van der Waals surface area contributed by atoms with Gasteiger partial charge in [-0.15, -0.1) is 0 Å². The molecule has 4 nitrogen and oxygen atoms in total. The first-order valence-electron chi connectivity index (χ1n) is 6.24. The summed E-state index contributed by atoms with van der Waals surface area (Å²) in [5.74, 6) is 0. The van der Waals surface area contributed by atoms with E-state index in [9.17, 15) is 0 Å². The molecule has 0 amide bonds. The maximum absolute atomic E-state index is 9.06. The first kappa shape index (κ1) is 14.1. The first-order chi connectivity index (χ1) is 9.13. The third kappa shape index (κ3) is 3.15. The van der Waals surface area contributed by atoms with Gasteiger partial charge < -0.3 is 10.4 Å². The second-order valence-electron chi connectivity index (χ2n) is 4.57. The lowest BCUT2D eigenvalue weighted by molar-refractivity contribution is 0.251. The van der Waals surface area contributed by atoms with Crippen molar-refractivity contribution in [3.8, 4) is 11.3 Å². The zero-order valence-electron chi connectivity index (χ0n) is 11.1. The molecule has 102 valence electrons. The molecule has 0 aliphatic heterocycles. The van der Waals surface area contributed by atoms with Crippen LogP contribution in [0.2, 0.25) is 5.15 Å². The van der Waals surface area contributed by atoms with Gasteiger partial charge in [-0.25, -0.2) is 0 Å². The van der Waals surface area contributed by atoms with Crippen LogP contribution in [0.3, 0.4) is 0 Å². The zero-order chi connectivity index (χ0) is 13.8. The van der Waals surface area contributed by atoms with Crippen LogP contribution in [0.5, 0.6) is 0 Å². The number of nitrogens with zero attached hydrogens (tertiary/aromatic N) is 2. The Morgan fingerprint density at radius 2 is 2.05 bits per heavy atom. The fourth-order valence-electron chi connectivity index (χ4n) is 1.87. The van der Waals surface area contributed by atoms with Crippen LogP contribution < -0.4 is 5.32 Å². The van der Waals surface area contributed by atoms with Crippen LogP contribution in [-0.2, 0) is 13.6 Å². The van der Waals surface area contributed by atoms with Crippen LogP contribution in [0.1, 0.15) is 12.5 Å². The molecule has 1 heterocycles. The molecule has 2 N–H and O–H groups in total. The van der Waals surface area contributed by atoms with E-state index in [-0.39, 0.29) is 12.6 Å². The van der Waals surface area contributed by atoms with Gasteiger partial charge in [-0.05, 0) is 6.92 Å². The summed E-state index contributed by atoms with van der Waals surface area (Å²) < 4.78 is 1.67. The summed E-state index contributed by atoms with van der Waals surface area (Å²) in [6, 6.07) is 9.98. The summed E-state index contributed by atoms with van der Waals surface area (Å²) in [5, 5.41) is 17.4. The molecule has 1 atom stereocenters. The van der Waals surface area contributed by atoms with Crippen LogP contribution in [-0.4, -0.2) is 27.5 Å². The lowest BCUT2D eigenvalue weighted by Crippen LogP contribution is -2.28. The van der Waals surface area contributed by atoms with Crippen molar-refractivity contribution in [2.75, 3.05) is 6.61 Å². The smallest absolute Gasteiger partial charge is 0.131 e. The number of hydrogen-bond acceptors (Lipinski definition) is 3. The fraction of sp³-hybridized carbons (Fsp3) is 0.357. The van der Waals surface area contributed by atoms with Gasteiger partial charge in [-0.1, -0.05) is 41.9 Å². The summed E-state index contributed by atoms with van der Waals surface area (Å²) >= 11 is 6.29. The van der Waals surface area contributed by atoms with Gasteiger partial charge in [0.05, 0.1) is 12.3 Å². The van der Waals surface area contributed by atoms with E-state index in [1.54, 1.807) is 4.68 Å². The normalized spacial score (nSPS) is 12.6. The van der Waals surface area contributed by atoms with Crippen molar-refractivity contribution in [1.82, 2.24) is 15.1 Å². The molecular formula is C14H18ClN3O. The summed E-state index contributed by atoms with van der Waals surface area (Å²) in [6.07, 6.45) is 0. The number of rotatable bonds is 5. The molecule has 0 fully saturated rings. The predicted molar refractivity (Wildman–Crippen MR) is 77.0 cm³/mol.